The summed E-state index contributed by atoms with van der Waals surface area (Å²) in [6, 6.07) is 0. The van der Waals surface area contributed by atoms with Crippen LogP contribution in [0.2, 0.25) is 0 Å². The van der Waals surface area contributed by atoms with Gasteiger partial charge in [0.1, 0.15) is 0 Å². The first-order valence-corrected chi connectivity index (χ1v) is 5.36. The number of halogens is 2. The lowest BCUT2D eigenvalue weighted by molar-refractivity contribution is 0.384. The lowest BCUT2D eigenvalue weighted by Gasteiger charge is -2.23. The van der Waals surface area contributed by atoms with Crippen molar-refractivity contribution in [3.63, 3.8) is 0 Å². The molecule has 72 valence electrons. The molecular weight excluding hydrogens is 302 g/mol. The van der Waals surface area contributed by atoms with E-state index in [-0.39, 0.29) is 5.66 Å². The van der Waals surface area contributed by atoms with Crippen LogP contribution in [0.4, 0.5) is 0 Å². The summed E-state index contributed by atoms with van der Waals surface area (Å²) in [6.45, 7) is 4.03. The van der Waals surface area contributed by atoms with Crippen molar-refractivity contribution in [3.8, 4) is 0 Å². The van der Waals surface area contributed by atoms with Crippen molar-refractivity contribution in [1.29, 1.82) is 0 Å². The highest BCUT2D eigenvalue weighted by Crippen LogP contribution is 2.33. The first kappa shape index (κ1) is 9.54. The molecule has 1 atom stereocenters. The van der Waals surface area contributed by atoms with E-state index in [1.165, 1.54) is 0 Å². The van der Waals surface area contributed by atoms with Crippen LogP contribution in [0.3, 0.4) is 0 Å². The molecule has 0 saturated carbocycles. The number of aliphatic imine (C=N–C) groups is 1. The molecule has 3 N–H and O–H groups in total. The molecule has 0 radical (unpaired) electrons. The van der Waals surface area contributed by atoms with Crippen molar-refractivity contribution in [2.24, 2.45) is 4.99 Å². The zero-order valence-corrected chi connectivity index (χ0v) is 10.2. The number of hydrogen-bond donors (Lipinski definition) is 3. The monoisotopic (exact) mass is 312 g/mol. The number of nitrogens with one attached hydrogen (secondary N) is 3. The first-order chi connectivity index (χ1) is 5.91. The Kier molecular flexibility index (Phi) is 2.01. The van der Waals surface area contributed by atoms with E-state index in [1.807, 2.05) is 20.0 Å². The van der Waals surface area contributed by atoms with Crippen LogP contribution < -0.4 is 16.0 Å². The van der Waals surface area contributed by atoms with E-state index in [2.05, 4.69) is 43.5 Å². The number of nitrogens with zero attached hydrogens (tertiary/aromatic N) is 1. The van der Waals surface area contributed by atoms with Gasteiger partial charge in [0.25, 0.3) is 0 Å². The number of fused-ring (bicyclic) bond motifs is 1. The third-order valence-corrected chi connectivity index (χ3v) is 2.81. The van der Waals surface area contributed by atoms with Gasteiger partial charge in [0.05, 0.1) is 11.4 Å². The van der Waals surface area contributed by atoms with Gasteiger partial charge >= 0.3 is 0 Å². The van der Waals surface area contributed by atoms with Crippen molar-refractivity contribution in [2.45, 2.75) is 24.6 Å². The molecule has 0 aromatic carbocycles. The molecule has 6 heteroatoms. The highest BCUT2D eigenvalue weighted by atomic mass is 127. The van der Waals surface area contributed by atoms with Crippen LogP contribution in [0.1, 0.15) is 13.8 Å². The average molecular weight is 313 g/mol. The molecule has 0 aliphatic carbocycles. The minimum Gasteiger partial charge on any atom is -0.366 e. The van der Waals surface area contributed by atoms with Gasteiger partial charge in [-0.15, -0.1) is 0 Å². The zero-order chi connectivity index (χ0) is 9.69. The predicted molar refractivity (Wildman–Crippen MR) is 61.6 cm³/mol. The summed E-state index contributed by atoms with van der Waals surface area (Å²) >= 11 is 8.37. The lowest BCUT2D eigenvalue weighted by Crippen LogP contribution is -2.47. The minimum absolute atomic E-state index is 0.222. The standard InChI is InChI=1S/C7H10ClIN4/c1-6(2)11-4-3-10-5(9)12-7(4,8)13-6/h3,11,13H,1-2H3,(H,10,12). The molecule has 2 rings (SSSR count). The molecular formula is C7H10ClIN4. The second-order valence-electron chi connectivity index (χ2n) is 3.60. The Morgan fingerprint density at radius 1 is 1.54 bits per heavy atom. The normalized spacial score (nSPS) is 35.4. The van der Waals surface area contributed by atoms with Gasteiger partial charge in [0, 0.05) is 6.20 Å². The van der Waals surface area contributed by atoms with Crippen LogP contribution in [-0.4, -0.2) is 14.6 Å². The van der Waals surface area contributed by atoms with Gasteiger partial charge < -0.3 is 10.6 Å². The molecule has 0 bridgehead atoms. The van der Waals surface area contributed by atoms with Gasteiger partial charge in [0.2, 0.25) is 5.12 Å². The fourth-order valence-electron chi connectivity index (χ4n) is 1.45. The Balaban J connectivity index is 2.36. The topological polar surface area (TPSA) is 48.5 Å². The Morgan fingerprint density at radius 2 is 2.23 bits per heavy atom. The molecule has 13 heavy (non-hydrogen) atoms. The van der Waals surface area contributed by atoms with Crippen molar-refractivity contribution < 1.29 is 0 Å². The van der Waals surface area contributed by atoms with Crippen LogP contribution in [0.25, 0.3) is 0 Å². The lowest BCUT2D eigenvalue weighted by atomic mass is 10.3. The molecule has 1 unspecified atom stereocenters. The van der Waals surface area contributed by atoms with Gasteiger partial charge in [-0.2, -0.15) is 0 Å². The molecule has 4 nitrogen and oxygen atoms in total. The average Bonchev–Trinajstić information content (AvgIpc) is 2.16. The molecule has 2 aliphatic heterocycles. The van der Waals surface area contributed by atoms with Gasteiger partial charge in [-0.25, -0.2) is 4.99 Å². The summed E-state index contributed by atoms with van der Waals surface area (Å²) in [5, 5.41) is 8.62. The van der Waals surface area contributed by atoms with E-state index < -0.39 is 5.12 Å². The van der Waals surface area contributed by atoms with Gasteiger partial charge in [0.15, 0.2) is 3.84 Å². The Labute approximate surface area is 95.3 Å². The van der Waals surface area contributed by atoms with E-state index in [1.54, 1.807) is 0 Å². The summed E-state index contributed by atoms with van der Waals surface area (Å²) in [5.74, 6) is 0. The molecule has 2 heterocycles. The molecule has 2 aliphatic rings. The highest BCUT2D eigenvalue weighted by Gasteiger charge is 2.46. The molecule has 0 aromatic heterocycles. The number of rotatable bonds is 0. The summed E-state index contributed by atoms with van der Waals surface area (Å²) in [4.78, 5) is 4.29. The largest absolute Gasteiger partial charge is 0.366 e. The van der Waals surface area contributed by atoms with Crippen LogP contribution in [0, 0.1) is 0 Å². The van der Waals surface area contributed by atoms with Gasteiger partial charge in [-0.1, -0.05) is 11.6 Å². The van der Waals surface area contributed by atoms with Crippen LogP contribution in [0.15, 0.2) is 16.9 Å². The van der Waals surface area contributed by atoms with Crippen LogP contribution >= 0.6 is 34.2 Å². The minimum atomic E-state index is -0.814. The molecule has 0 aromatic rings. The Morgan fingerprint density at radius 3 is 2.92 bits per heavy atom. The predicted octanol–water partition coefficient (Wildman–Crippen LogP) is 1.04. The SMILES string of the molecule is CC1(C)NC2=CNC(I)=NC2(Cl)N1. The number of alkyl halides is 1. The fourth-order valence-corrected chi connectivity index (χ4v) is 2.53. The van der Waals surface area contributed by atoms with E-state index in [9.17, 15) is 0 Å². The maximum Gasteiger partial charge on any atom is 0.232 e. The molecule has 1 fully saturated rings. The highest BCUT2D eigenvalue weighted by molar-refractivity contribution is 14.1. The maximum absolute atomic E-state index is 6.28. The van der Waals surface area contributed by atoms with Crippen molar-refractivity contribution in [1.82, 2.24) is 16.0 Å². The summed E-state index contributed by atoms with van der Waals surface area (Å²) in [5.41, 5.74) is 0.639. The van der Waals surface area contributed by atoms with Gasteiger partial charge in [-0.05, 0) is 36.4 Å². The second kappa shape index (κ2) is 2.74. The fraction of sp³-hybridized carbons (Fsp3) is 0.571. The Bertz CT molecular complexity index is 312. The van der Waals surface area contributed by atoms with E-state index in [0.717, 1.165) is 9.54 Å². The van der Waals surface area contributed by atoms with Crippen molar-refractivity contribution >= 4 is 38.0 Å². The van der Waals surface area contributed by atoms with Gasteiger partial charge in [-0.3, -0.25) is 5.32 Å². The molecule has 0 spiro atoms. The van der Waals surface area contributed by atoms with Crippen molar-refractivity contribution in [3.05, 3.63) is 11.9 Å². The molecule has 0 amide bonds. The van der Waals surface area contributed by atoms with Crippen LogP contribution in [0.5, 0.6) is 0 Å². The summed E-state index contributed by atoms with van der Waals surface area (Å²) in [6.07, 6.45) is 1.84. The molecule has 1 saturated heterocycles. The maximum atomic E-state index is 6.28. The number of hydrogen-bond acceptors (Lipinski definition) is 4. The van der Waals surface area contributed by atoms with Crippen molar-refractivity contribution in [2.75, 3.05) is 0 Å². The van der Waals surface area contributed by atoms with E-state index in [0.29, 0.717) is 0 Å². The summed E-state index contributed by atoms with van der Waals surface area (Å²) in [7, 11) is 0. The summed E-state index contributed by atoms with van der Waals surface area (Å²) < 4.78 is 0.781. The zero-order valence-electron chi connectivity index (χ0n) is 7.28. The first-order valence-electron chi connectivity index (χ1n) is 3.90. The van der Waals surface area contributed by atoms with E-state index in [4.69, 9.17) is 11.6 Å². The third kappa shape index (κ3) is 1.64. The number of amidine groups is 1. The Hall–Kier alpha value is -0.0100. The smallest absolute Gasteiger partial charge is 0.232 e. The second-order valence-corrected chi connectivity index (χ2v) is 5.17. The third-order valence-electron chi connectivity index (χ3n) is 1.87. The van der Waals surface area contributed by atoms with E-state index >= 15 is 0 Å². The quantitative estimate of drug-likeness (QED) is 0.356. The van der Waals surface area contributed by atoms with Crippen LogP contribution in [-0.2, 0) is 0 Å².